The van der Waals surface area contributed by atoms with Gasteiger partial charge in [0.2, 0.25) is 0 Å². The Kier molecular flexibility index (Phi) is 8.02. The molecule has 0 aromatic heterocycles. The van der Waals surface area contributed by atoms with Gasteiger partial charge in [-0.1, -0.05) is 0 Å². The Labute approximate surface area is 95.2 Å². The van der Waals surface area contributed by atoms with Crippen LogP contribution in [0.4, 0.5) is 0 Å². The predicted molar refractivity (Wildman–Crippen MR) is 66.4 cm³/mol. The van der Waals surface area contributed by atoms with Crippen molar-refractivity contribution in [1.29, 1.82) is 0 Å². The normalized spacial score (nSPS) is 12.4. The van der Waals surface area contributed by atoms with E-state index in [0.29, 0.717) is 0 Å². The molecule has 3 heteroatoms. The van der Waals surface area contributed by atoms with Crippen LogP contribution in [0.1, 0.15) is 33.6 Å². The van der Waals surface area contributed by atoms with Crippen LogP contribution >= 0.6 is 0 Å². The average Bonchev–Trinajstić information content (AvgIpc) is 2.12. The molecule has 0 aliphatic carbocycles. The second-order valence-corrected chi connectivity index (χ2v) is 5.18. The second-order valence-electron chi connectivity index (χ2n) is 5.18. The highest BCUT2D eigenvalue weighted by atomic mass is 16.5. The van der Waals surface area contributed by atoms with E-state index >= 15 is 0 Å². The Balaban J connectivity index is 3.23. The molecule has 0 heterocycles. The molecule has 0 saturated heterocycles. The minimum absolute atomic E-state index is 0.252. The lowest BCUT2D eigenvalue weighted by Crippen LogP contribution is -2.36. The van der Waals surface area contributed by atoms with Crippen molar-refractivity contribution in [3.63, 3.8) is 0 Å². The molecular formula is C12H28N2O. The van der Waals surface area contributed by atoms with Crippen molar-refractivity contribution in [3.05, 3.63) is 0 Å². The van der Waals surface area contributed by atoms with Gasteiger partial charge >= 0.3 is 0 Å². The minimum Gasteiger partial charge on any atom is -0.383 e. The molecule has 0 bridgehead atoms. The first-order valence-corrected chi connectivity index (χ1v) is 5.88. The number of hydrogen-bond acceptors (Lipinski definition) is 3. The van der Waals surface area contributed by atoms with E-state index in [0.717, 1.165) is 26.2 Å². The van der Waals surface area contributed by atoms with E-state index in [4.69, 9.17) is 4.74 Å². The maximum atomic E-state index is 5.03. The summed E-state index contributed by atoms with van der Waals surface area (Å²) in [6, 6.07) is 0. The zero-order valence-electron chi connectivity index (χ0n) is 11.1. The van der Waals surface area contributed by atoms with Crippen molar-refractivity contribution in [3.8, 4) is 0 Å². The van der Waals surface area contributed by atoms with Gasteiger partial charge in [-0.25, -0.2) is 0 Å². The maximum Gasteiger partial charge on any atom is 0.0589 e. The number of ether oxygens (including phenoxy) is 1. The summed E-state index contributed by atoms with van der Waals surface area (Å²) in [4.78, 5) is 2.32. The highest BCUT2D eigenvalue weighted by Gasteiger charge is 2.07. The molecule has 0 aromatic carbocycles. The lowest BCUT2D eigenvalue weighted by molar-refractivity contribution is 0.160. The monoisotopic (exact) mass is 216 g/mol. The summed E-state index contributed by atoms with van der Waals surface area (Å²) < 4.78 is 5.03. The average molecular weight is 216 g/mol. The zero-order valence-corrected chi connectivity index (χ0v) is 11.1. The van der Waals surface area contributed by atoms with Crippen LogP contribution in [-0.2, 0) is 4.74 Å². The third-order valence-electron chi connectivity index (χ3n) is 2.30. The van der Waals surface area contributed by atoms with Crippen LogP contribution in [-0.4, -0.2) is 50.8 Å². The van der Waals surface area contributed by atoms with Crippen molar-refractivity contribution in [2.24, 2.45) is 0 Å². The van der Waals surface area contributed by atoms with Crippen molar-refractivity contribution in [2.45, 2.75) is 39.2 Å². The van der Waals surface area contributed by atoms with Crippen LogP contribution in [0.5, 0.6) is 0 Å². The van der Waals surface area contributed by atoms with Crippen molar-refractivity contribution < 1.29 is 4.74 Å². The fraction of sp³-hybridized carbons (Fsp3) is 1.00. The van der Waals surface area contributed by atoms with Gasteiger partial charge in [0.15, 0.2) is 0 Å². The van der Waals surface area contributed by atoms with Crippen molar-refractivity contribution in [1.82, 2.24) is 10.2 Å². The summed E-state index contributed by atoms with van der Waals surface area (Å²) in [5.41, 5.74) is 0.252. The molecule has 92 valence electrons. The molecular weight excluding hydrogens is 188 g/mol. The SMILES string of the molecule is COCCN(C)CCCCNC(C)(C)C. The minimum atomic E-state index is 0.252. The number of hydrogen-bond donors (Lipinski definition) is 1. The van der Waals surface area contributed by atoms with Crippen LogP contribution in [0.3, 0.4) is 0 Å². The molecule has 0 rings (SSSR count). The summed E-state index contributed by atoms with van der Waals surface area (Å²) in [5.74, 6) is 0. The van der Waals surface area contributed by atoms with Crippen molar-refractivity contribution in [2.75, 3.05) is 40.4 Å². The van der Waals surface area contributed by atoms with Gasteiger partial charge in [0.05, 0.1) is 6.61 Å². The molecule has 0 spiro atoms. The van der Waals surface area contributed by atoms with E-state index < -0.39 is 0 Å². The van der Waals surface area contributed by atoms with E-state index in [2.05, 4.69) is 38.0 Å². The van der Waals surface area contributed by atoms with Crippen LogP contribution in [0.15, 0.2) is 0 Å². The van der Waals surface area contributed by atoms with Crippen LogP contribution in [0.25, 0.3) is 0 Å². The molecule has 0 atom stereocenters. The fourth-order valence-corrected chi connectivity index (χ4v) is 1.33. The zero-order chi connectivity index (χ0) is 11.7. The smallest absolute Gasteiger partial charge is 0.0589 e. The number of nitrogens with zero attached hydrogens (tertiary/aromatic N) is 1. The largest absolute Gasteiger partial charge is 0.383 e. The fourth-order valence-electron chi connectivity index (χ4n) is 1.33. The van der Waals surface area contributed by atoms with Crippen molar-refractivity contribution >= 4 is 0 Å². The number of nitrogens with one attached hydrogen (secondary N) is 1. The Morgan fingerprint density at radius 3 is 2.33 bits per heavy atom. The third kappa shape index (κ3) is 11.8. The Morgan fingerprint density at radius 2 is 1.80 bits per heavy atom. The quantitative estimate of drug-likeness (QED) is 0.625. The van der Waals surface area contributed by atoms with E-state index in [9.17, 15) is 0 Å². The molecule has 15 heavy (non-hydrogen) atoms. The van der Waals surface area contributed by atoms with E-state index in [1.807, 2.05) is 0 Å². The molecule has 1 N–H and O–H groups in total. The van der Waals surface area contributed by atoms with E-state index in [-0.39, 0.29) is 5.54 Å². The first-order valence-electron chi connectivity index (χ1n) is 5.88. The van der Waals surface area contributed by atoms with Gasteiger partial charge in [-0.15, -0.1) is 0 Å². The van der Waals surface area contributed by atoms with Gasteiger partial charge < -0.3 is 15.0 Å². The topological polar surface area (TPSA) is 24.5 Å². The van der Waals surface area contributed by atoms with E-state index in [1.54, 1.807) is 7.11 Å². The lowest BCUT2D eigenvalue weighted by atomic mass is 10.1. The molecule has 3 nitrogen and oxygen atoms in total. The second kappa shape index (κ2) is 8.08. The lowest BCUT2D eigenvalue weighted by Gasteiger charge is -2.21. The number of rotatable bonds is 8. The first-order chi connectivity index (χ1) is 6.95. The standard InChI is InChI=1S/C12H28N2O/c1-12(2,3)13-8-6-7-9-14(4)10-11-15-5/h13H,6-11H2,1-5H3. The molecule has 0 aliphatic rings. The maximum absolute atomic E-state index is 5.03. The Bertz CT molecular complexity index is 143. The summed E-state index contributed by atoms with van der Waals surface area (Å²) in [6.07, 6.45) is 2.50. The van der Waals surface area contributed by atoms with Gasteiger partial charge in [-0.05, 0) is 53.8 Å². The van der Waals surface area contributed by atoms with Gasteiger partial charge in [0.1, 0.15) is 0 Å². The molecule has 0 aliphatic heterocycles. The molecule has 0 unspecified atom stereocenters. The molecule has 0 saturated carbocycles. The number of methoxy groups -OCH3 is 1. The summed E-state index contributed by atoms with van der Waals surface area (Å²) >= 11 is 0. The van der Waals surface area contributed by atoms with Gasteiger partial charge in [0, 0.05) is 19.2 Å². The molecule has 0 aromatic rings. The molecule has 0 radical (unpaired) electrons. The Morgan fingerprint density at radius 1 is 1.13 bits per heavy atom. The Hall–Kier alpha value is -0.120. The summed E-state index contributed by atoms with van der Waals surface area (Å²) in [6.45, 7) is 10.8. The molecule has 0 amide bonds. The first kappa shape index (κ1) is 14.9. The highest BCUT2D eigenvalue weighted by molar-refractivity contribution is 4.69. The summed E-state index contributed by atoms with van der Waals surface area (Å²) in [5, 5.41) is 3.50. The number of likely N-dealkylation sites (N-methyl/N-ethyl adjacent to an activating group) is 1. The predicted octanol–water partition coefficient (Wildman–Crippen LogP) is 1.73. The van der Waals surface area contributed by atoms with Crippen LogP contribution in [0.2, 0.25) is 0 Å². The van der Waals surface area contributed by atoms with E-state index in [1.165, 1.54) is 12.8 Å². The third-order valence-corrected chi connectivity index (χ3v) is 2.30. The number of unbranched alkanes of at least 4 members (excludes halogenated alkanes) is 1. The highest BCUT2D eigenvalue weighted by Crippen LogP contribution is 1.99. The van der Waals surface area contributed by atoms with Gasteiger partial charge in [-0.3, -0.25) is 0 Å². The molecule has 0 fully saturated rings. The van der Waals surface area contributed by atoms with Crippen LogP contribution < -0.4 is 5.32 Å². The summed E-state index contributed by atoms with van der Waals surface area (Å²) in [7, 11) is 3.90. The van der Waals surface area contributed by atoms with Gasteiger partial charge in [0.25, 0.3) is 0 Å². The van der Waals surface area contributed by atoms with Gasteiger partial charge in [-0.2, -0.15) is 0 Å². The van der Waals surface area contributed by atoms with Crippen LogP contribution in [0, 0.1) is 0 Å².